The van der Waals surface area contributed by atoms with Crippen LogP contribution in [0.2, 0.25) is 0 Å². The molecule has 2 heterocycles. The number of aromatic amines is 1. The van der Waals surface area contributed by atoms with Crippen molar-refractivity contribution in [2.24, 2.45) is 0 Å². The molecule has 1 N–H and O–H groups in total. The van der Waals surface area contributed by atoms with Gasteiger partial charge in [0, 0.05) is 37.7 Å². The number of H-pyrrole nitrogens is 1. The van der Waals surface area contributed by atoms with Gasteiger partial charge in [-0.1, -0.05) is 6.07 Å². The molecule has 0 aliphatic carbocycles. The fraction of sp³-hybridized carbons (Fsp3) is 0.474. The number of nitrogens with one attached hydrogen (secondary N) is 1. The van der Waals surface area contributed by atoms with Gasteiger partial charge >= 0.3 is 0 Å². The van der Waals surface area contributed by atoms with Crippen LogP contribution >= 0.6 is 0 Å². The number of rotatable bonds is 6. The van der Waals surface area contributed by atoms with E-state index in [4.69, 9.17) is 9.47 Å². The molecule has 0 atom stereocenters. The Kier molecular flexibility index (Phi) is 5.38. The lowest BCUT2D eigenvalue weighted by Crippen LogP contribution is -2.35. The van der Waals surface area contributed by atoms with E-state index in [0.29, 0.717) is 25.6 Å². The summed E-state index contributed by atoms with van der Waals surface area (Å²) in [5.74, 6) is 2.34. The van der Waals surface area contributed by atoms with Crippen LogP contribution in [0.3, 0.4) is 0 Å². The Hall–Kier alpha value is -2.34. The van der Waals surface area contributed by atoms with E-state index in [9.17, 15) is 4.79 Å². The first-order valence-electron chi connectivity index (χ1n) is 8.80. The minimum absolute atomic E-state index is 0.0241. The Labute approximate surface area is 147 Å². The van der Waals surface area contributed by atoms with E-state index >= 15 is 0 Å². The largest absolute Gasteiger partial charge is 0.494 e. The second kappa shape index (κ2) is 7.70. The predicted octanol–water partition coefficient (Wildman–Crippen LogP) is 2.43. The number of benzene rings is 1. The normalized spacial score (nSPS) is 14.2. The Morgan fingerprint density at radius 3 is 2.80 bits per heavy atom. The molecule has 0 unspecified atom stereocenters. The van der Waals surface area contributed by atoms with Crippen LogP contribution in [0.5, 0.6) is 11.5 Å². The topological polar surface area (TPSA) is 67.5 Å². The SMILES string of the molecule is CCOc1ccc(CN2CCc3nc(C)[nH]c(=O)c3C2)c(OCC)c1. The molecule has 0 bridgehead atoms. The number of aryl methyl sites for hydroxylation is 1. The molecule has 3 rings (SSSR count). The van der Waals surface area contributed by atoms with E-state index in [2.05, 4.69) is 14.9 Å². The van der Waals surface area contributed by atoms with E-state index in [1.807, 2.05) is 39.0 Å². The van der Waals surface area contributed by atoms with Crippen LogP contribution in [0.15, 0.2) is 23.0 Å². The number of hydrogen-bond donors (Lipinski definition) is 1. The minimum Gasteiger partial charge on any atom is -0.494 e. The summed E-state index contributed by atoms with van der Waals surface area (Å²) in [6.07, 6.45) is 0.793. The van der Waals surface area contributed by atoms with Crippen molar-refractivity contribution in [3.05, 3.63) is 51.2 Å². The summed E-state index contributed by atoms with van der Waals surface area (Å²) >= 11 is 0. The van der Waals surface area contributed by atoms with Crippen molar-refractivity contribution < 1.29 is 9.47 Å². The van der Waals surface area contributed by atoms with Gasteiger partial charge in [0.05, 0.1) is 24.5 Å². The first-order chi connectivity index (χ1) is 12.1. The lowest BCUT2D eigenvalue weighted by atomic mass is 10.1. The number of hydrogen-bond acceptors (Lipinski definition) is 5. The van der Waals surface area contributed by atoms with Crippen molar-refractivity contribution in [3.8, 4) is 11.5 Å². The van der Waals surface area contributed by atoms with Crippen molar-refractivity contribution in [1.82, 2.24) is 14.9 Å². The molecule has 6 nitrogen and oxygen atoms in total. The van der Waals surface area contributed by atoms with Gasteiger partial charge in [-0.15, -0.1) is 0 Å². The predicted molar refractivity (Wildman–Crippen MR) is 96.2 cm³/mol. The number of nitrogens with zero attached hydrogens (tertiary/aromatic N) is 2. The molecule has 0 radical (unpaired) electrons. The highest BCUT2D eigenvalue weighted by Gasteiger charge is 2.21. The molecule has 0 spiro atoms. The molecule has 2 aromatic rings. The third-order valence-corrected chi connectivity index (χ3v) is 4.31. The number of aromatic nitrogens is 2. The van der Waals surface area contributed by atoms with Crippen LogP contribution in [-0.2, 0) is 19.5 Å². The van der Waals surface area contributed by atoms with Crippen LogP contribution < -0.4 is 15.0 Å². The van der Waals surface area contributed by atoms with E-state index in [-0.39, 0.29) is 5.56 Å². The molecular weight excluding hydrogens is 318 g/mol. The second-order valence-electron chi connectivity index (χ2n) is 6.17. The first-order valence-corrected chi connectivity index (χ1v) is 8.80. The van der Waals surface area contributed by atoms with Crippen molar-refractivity contribution in [2.45, 2.75) is 40.3 Å². The standard InChI is InChI=1S/C19H25N3O3/c1-4-24-15-7-6-14(18(10-15)25-5-2)11-22-9-8-17-16(12-22)19(23)21-13(3)20-17/h6-7,10H,4-5,8-9,11-12H2,1-3H3,(H,20,21,23). The molecule has 1 aliphatic heterocycles. The monoisotopic (exact) mass is 343 g/mol. The van der Waals surface area contributed by atoms with E-state index < -0.39 is 0 Å². The first kappa shape index (κ1) is 17.5. The highest BCUT2D eigenvalue weighted by Crippen LogP contribution is 2.27. The average Bonchev–Trinajstić information content (AvgIpc) is 2.58. The summed E-state index contributed by atoms with van der Waals surface area (Å²) < 4.78 is 11.4. The van der Waals surface area contributed by atoms with Gasteiger partial charge in [-0.05, 0) is 26.8 Å². The minimum atomic E-state index is -0.0241. The fourth-order valence-corrected chi connectivity index (χ4v) is 3.19. The third-order valence-electron chi connectivity index (χ3n) is 4.31. The quantitative estimate of drug-likeness (QED) is 0.872. The van der Waals surface area contributed by atoms with Crippen LogP contribution in [0, 0.1) is 6.92 Å². The molecule has 0 saturated carbocycles. The molecule has 1 aromatic heterocycles. The van der Waals surface area contributed by atoms with Gasteiger partial charge in [0.2, 0.25) is 0 Å². The van der Waals surface area contributed by atoms with Crippen molar-refractivity contribution in [1.29, 1.82) is 0 Å². The lowest BCUT2D eigenvalue weighted by molar-refractivity contribution is 0.235. The van der Waals surface area contributed by atoms with Gasteiger partial charge < -0.3 is 14.5 Å². The Morgan fingerprint density at radius 1 is 1.24 bits per heavy atom. The van der Waals surface area contributed by atoms with Gasteiger partial charge in [0.1, 0.15) is 17.3 Å². The molecular formula is C19H25N3O3. The second-order valence-corrected chi connectivity index (χ2v) is 6.17. The molecule has 25 heavy (non-hydrogen) atoms. The summed E-state index contributed by atoms with van der Waals surface area (Å²) in [5, 5.41) is 0. The summed E-state index contributed by atoms with van der Waals surface area (Å²) in [5.41, 5.74) is 2.78. The zero-order valence-electron chi connectivity index (χ0n) is 15.1. The van der Waals surface area contributed by atoms with Crippen molar-refractivity contribution in [2.75, 3.05) is 19.8 Å². The van der Waals surface area contributed by atoms with Crippen LogP contribution in [0.4, 0.5) is 0 Å². The third kappa shape index (κ3) is 4.02. The zero-order valence-corrected chi connectivity index (χ0v) is 15.1. The van der Waals surface area contributed by atoms with Gasteiger partial charge in [0.15, 0.2) is 0 Å². The summed E-state index contributed by atoms with van der Waals surface area (Å²) in [6, 6.07) is 5.96. The van der Waals surface area contributed by atoms with Gasteiger partial charge in [-0.2, -0.15) is 0 Å². The summed E-state index contributed by atoms with van der Waals surface area (Å²) in [6.45, 7) is 9.21. The molecule has 134 valence electrons. The zero-order chi connectivity index (χ0) is 17.8. The summed E-state index contributed by atoms with van der Waals surface area (Å²) in [4.78, 5) is 21.7. The Bertz CT molecular complexity index is 801. The average molecular weight is 343 g/mol. The van der Waals surface area contributed by atoms with E-state index in [0.717, 1.165) is 47.8 Å². The van der Waals surface area contributed by atoms with Gasteiger partial charge in [0.25, 0.3) is 5.56 Å². The van der Waals surface area contributed by atoms with Crippen LogP contribution in [0.25, 0.3) is 0 Å². The smallest absolute Gasteiger partial charge is 0.255 e. The van der Waals surface area contributed by atoms with E-state index in [1.165, 1.54) is 0 Å². The van der Waals surface area contributed by atoms with Gasteiger partial charge in [-0.3, -0.25) is 9.69 Å². The van der Waals surface area contributed by atoms with Crippen LogP contribution in [0.1, 0.15) is 36.5 Å². The highest BCUT2D eigenvalue weighted by atomic mass is 16.5. The fourth-order valence-electron chi connectivity index (χ4n) is 3.19. The lowest BCUT2D eigenvalue weighted by Gasteiger charge is -2.28. The maximum atomic E-state index is 12.2. The van der Waals surface area contributed by atoms with Crippen molar-refractivity contribution >= 4 is 0 Å². The molecule has 0 amide bonds. The molecule has 0 saturated heterocycles. The Balaban J connectivity index is 1.79. The van der Waals surface area contributed by atoms with Crippen LogP contribution in [-0.4, -0.2) is 34.6 Å². The Morgan fingerprint density at radius 2 is 2.04 bits per heavy atom. The maximum absolute atomic E-state index is 12.2. The molecule has 1 aliphatic rings. The van der Waals surface area contributed by atoms with Crippen molar-refractivity contribution in [3.63, 3.8) is 0 Å². The van der Waals surface area contributed by atoms with Gasteiger partial charge in [-0.25, -0.2) is 4.98 Å². The molecule has 6 heteroatoms. The molecule has 0 fully saturated rings. The maximum Gasteiger partial charge on any atom is 0.255 e. The van der Waals surface area contributed by atoms with E-state index in [1.54, 1.807) is 0 Å². The number of fused-ring (bicyclic) bond motifs is 1. The summed E-state index contributed by atoms with van der Waals surface area (Å²) in [7, 11) is 0. The molecule has 1 aromatic carbocycles. The number of ether oxygens (including phenoxy) is 2. The highest BCUT2D eigenvalue weighted by molar-refractivity contribution is 5.41.